The fourth-order valence-electron chi connectivity index (χ4n) is 3.22. The molecule has 1 aromatic heterocycles. The summed E-state index contributed by atoms with van der Waals surface area (Å²) < 4.78 is 40.8. The molecule has 0 saturated heterocycles. The molecule has 2 amide bonds. The molecular formula is C21H15F3N4O3S. The van der Waals surface area contributed by atoms with Crippen LogP contribution in [0.1, 0.15) is 23.5 Å². The van der Waals surface area contributed by atoms with E-state index in [0.717, 1.165) is 23.9 Å². The van der Waals surface area contributed by atoms with Gasteiger partial charge in [0.1, 0.15) is 23.3 Å². The second-order valence-corrected chi connectivity index (χ2v) is 7.90. The summed E-state index contributed by atoms with van der Waals surface area (Å²) in [7, 11) is 0. The van der Waals surface area contributed by atoms with E-state index in [-0.39, 0.29) is 34.4 Å². The van der Waals surface area contributed by atoms with E-state index >= 15 is 0 Å². The maximum absolute atomic E-state index is 13.9. The van der Waals surface area contributed by atoms with Crippen molar-refractivity contribution in [3.63, 3.8) is 0 Å². The van der Waals surface area contributed by atoms with Gasteiger partial charge in [0.15, 0.2) is 5.16 Å². The topological polar surface area (TPSA) is 104 Å². The highest BCUT2D eigenvalue weighted by atomic mass is 32.2. The minimum Gasteiger partial charge on any atom is -0.323 e. The van der Waals surface area contributed by atoms with Gasteiger partial charge in [-0.3, -0.25) is 14.4 Å². The Balaban J connectivity index is 1.59. The Morgan fingerprint density at radius 1 is 1.12 bits per heavy atom. The summed E-state index contributed by atoms with van der Waals surface area (Å²) in [5.41, 5.74) is -0.628. The number of nitrogens with zero attached hydrogens (tertiary/aromatic N) is 1. The maximum Gasteiger partial charge on any atom is 0.257 e. The first-order valence-corrected chi connectivity index (χ1v) is 10.4. The summed E-state index contributed by atoms with van der Waals surface area (Å²) in [6.07, 6.45) is -0.353. The third kappa shape index (κ3) is 4.52. The minimum atomic E-state index is -1.23. The maximum atomic E-state index is 13.9. The molecular weight excluding hydrogens is 445 g/mol. The molecule has 1 unspecified atom stereocenters. The van der Waals surface area contributed by atoms with Crippen molar-refractivity contribution in [1.29, 1.82) is 0 Å². The molecule has 0 saturated carbocycles. The van der Waals surface area contributed by atoms with Crippen LogP contribution in [0.15, 0.2) is 52.4 Å². The Kier molecular flexibility index (Phi) is 5.99. The van der Waals surface area contributed by atoms with Crippen LogP contribution in [0.3, 0.4) is 0 Å². The average molecular weight is 460 g/mol. The fourth-order valence-corrected chi connectivity index (χ4v) is 4.06. The number of halogens is 3. The monoisotopic (exact) mass is 460 g/mol. The van der Waals surface area contributed by atoms with Gasteiger partial charge in [-0.15, -0.1) is 0 Å². The number of carbonyl (C=O) groups is 2. The zero-order chi connectivity index (χ0) is 22.8. The lowest BCUT2D eigenvalue weighted by atomic mass is 9.92. The standard InChI is InChI=1S/C21H15F3N4O3S/c22-11-5-6-15(14(24)7-11)25-19(30)12-8-16(29)26-18-17(12)20(31)28-21(27-18)32-9-10-3-1-2-4-13(10)23/h1-7,12H,8-9H2,(H,25,30)(H2,26,27,28,29,31). The summed E-state index contributed by atoms with van der Waals surface area (Å²) in [5.74, 6) is -4.74. The van der Waals surface area contributed by atoms with Crippen molar-refractivity contribution in [2.24, 2.45) is 0 Å². The normalized spacial score (nSPS) is 15.1. The van der Waals surface area contributed by atoms with Crippen molar-refractivity contribution in [3.05, 3.63) is 81.4 Å². The van der Waals surface area contributed by atoms with Crippen molar-refractivity contribution < 1.29 is 22.8 Å². The molecule has 32 heavy (non-hydrogen) atoms. The molecule has 4 rings (SSSR count). The van der Waals surface area contributed by atoms with E-state index < -0.39 is 40.7 Å². The van der Waals surface area contributed by atoms with Gasteiger partial charge in [-0.25, -0.2) is 18.2 Å². The molecule has 2 aromatic carbocycles. The van der Waals surface area contributed by atoms with E-state index in [2.05, 4.69) is 20.6 Å². The van der Waals surface area contributed by atoms with Crippen LogP contribution in [0.2, 0.25) is 0 Å². The number of thioether (sulfide) groups is 1. The molecule has 0 aliphatic carbocycles. The van der Waals surface area contributed by atoms with Gasteiger partial charge in [-0.2, -0.15) is 0 Å². The molecule has 0 bridgehead atoms. The summed E-state index contributed by atoms with van der Waals surface area (Å²) >= 11 is 1.05. The highest BCUT2D eigenvalue weighted by molar-refractivity contribution is 7.98. The minimum absolute atomic E-state index is 0.0835. The smallest absolute Gasteiger partial charge is 0.257 e. The molecule has 1 aliphatic heterocycles. The number of carbonyl (C=O) groups excluding carboxylic acids is 2. The molecule has 3 N–H and O–H groups in total. The predicted molar refractivity (Wildman–Crippen MR) is 112 cm³/mol. The largest absolute Gasteiger partial charge is 0.323 e. The lowest BCUT2D eigenvalue weighted by Crippen LogP contribution is -2.36. The van der Waals surface area contributed by atoms with E-state index in [1.807, 2.05) is 0 Å². The fraction of sp³-hybridized carbons (Fsp3) is 0.143. The van der Waals surface area contributed by atoms with Gasteiger partial charge in [0.25, 0.3) is 5.56 Å². The molecule has 1 atom stereocenters. The highest BCUT2D eigenvalue weighted by Crippen LogP contribution is 2.31. The number of amides is 2. The number of nitrogens with one attached hydrogen (secondary N) is 3. The van der Waals surface area contributed by atoms with Gasteiger partial charge in [-0.05, 0) is 23.8 Å². The predicted octanol–water partition coefficient (Wildman–Crippen LogP) is 3.54. The van der Waals surface area contributed by atoms with Gasteiger partial charge in [0.05, 0.1) is 17.2 Å². The molecule has 0 spiro atoms. The third-order valence-corrected chi connectivity index (χ3v) is 5.68. The summed E-state index contributed by atoms with van der Waals surface area (Å²) in [6.45, 7) is 0. The number of benzene rings is 2. The van der Waals surface area contributed by atoms with Crippen LogP contribution in [0.5, 0.6) is 0 Å². The molecule has 0 fully saturated rings. The molecule has 164 valence electrons. The number of hydrogen-bond acceptors (Lipinski definition) is 5. The van der Waals surface area contributed by atoms with Gasteiger partial charge < -0.3 is 15.6 Å². The zero-order valence-electron chi connectivity index (χ0n) is 16.2. The Labute approximate surface area is 183 Å². The summed E-state index contributed by atoms with van der Waals surface area (Å²) in [4.78, 5) is 44.3. The number of aromatic nitrogens is 2. The number of anilines is 2. The number of hydrogen-bond donors (Lipinski definition) is 3. The first kappa shape index (κ1) is 21.6. The van der Waals surface area contributed by atoms with Crippen LogP contribution in [-0.2, 0) is 15.3 Å². The second kappa shape index (κ2) is 8.87. The van der Waals surface area contributed by atoms with Gasteiger partial charge >= 0.3 is 0 Å². The van der Waals surface area contributed by atoms with Crippen LogP contribution in [0.25, 0.3) is 0 Å². The van der Waals surface area contributed by atoms with Crippen molar-refractivity contribution >= 4 is 35.1 Å². The number of rotatable bonds is 5. The summed E-state index contributed by atoms with van der Waals surface area (Å²) in [6, 6.07) is 8.74. The summed E-state index contributed by atoms with van der Waals surface area (Å²) in [5, 5.41) is 4.86. The Hall–Kier alpha value is -3.60. The van der Waals surface area contributed by atoms with Crippen LogP contribution >= 0.6 is 11.8 Å². The van der Waals surface area contributed by atoms with Gasteiger partial charge in [0.2, 0.25) is 11.8 Å². The van der Waals surface area contributed by atoms with E-state index in [1.54, 1.807) is 18.2 Å². The number of aromatic amines is 1. The van der Waals surface area contributed by atoms with E-state index in [9.17, 15) is 27.6 Å². The van der Waals surface area contributed by atoms with Crippen LogP contribution in [-0.4, -0.2) is 21.8 Å². The van der Waals surface area contributed by atoms with Crippen molar-refractivity contribution in [3.8, 4) is 0 Å². The van der Waals surface area contributed by atoms with Crippen LogP contribution in [0, 0.1) is 17.5 Å². The van der Waals surface area contributed by atoms with E-state index in [1.165, 1.54) is 6.07 Å². The molecule has 3 aromatic rings. The molecule has 1 aliphatic rings. The Morgan fingerprint density at radius 2 is 1.91 bits per heavy atom. The second-order valence-electron chi connectivity index (χ2n) is 6.93. The molecule has 11 heteroatoms. The number of fused-ring (bicyclic) bond motifs is 1. The first-order chi connectivity index (χ1) is 15.3. The zero-order valence-corrected chi connectivity index (χ0v) is 17.1. The van der Waals surface area contributed by atoms with Gasteiger partial charge in [-0.1, -0.05) is 30.0 Å². The van der Waals surface area contributed by atoms with E-state index in [0.29, 0.717) is 11.6 Å². The average Bonchev–Trinajstić information content (AvgIpc) is 2.74. The van der Waals surface area contributed by atoms with E-state index in [4.69, 9.17) is 0 Å². The van der Waals surface area contributed by atoms with Crippen molar-refractivity contribution in [2.75, 3.05) is 10.6 Å². The van der Waals surface area contributed by atoms with Gasteiger partial charge in [0, 0.05) is 18.2 Å². The van der Waals surface area contributed by atoms with Crippen LogP contribution < -0.4 is 16.2 Å². The lowest BCUT2D eigenvalue weighted by Gasteiger charge is -2.23. The third-order valence-electron chi connectivity index (χ3n) is 4.76. The van der Waals surface area contributed by atoms with Crippen LogP contribution in [0.4, 0.5) is 24.7 Å². The quantitative estimate of drug-likeness (QED) is 0.399. The molecule has 0 radical (unpaired) electrons. The SMILES string of the molecule is O=C1CC(C(=O)Nc2ccc(F)cc2F)c2c(nc(SCc3ccccc3F)[nH]c2=O)N1. The number of H-pyrrole nitrogens is 1. The Morgan fingerprint density at radius 3 is 2.66 bits per heavy atom. The first-order valence-electron chi connectivity index (χ1n) is 9.38. The molecule has 7 nitrogen and oxygen atoms in total. The van der Waals surface area contributed by atoms with Crippen molar-refractivity contribution in [2.45, 2.75) is 23.2 Å². The van der Waals surface area contributed by atoms with Crippen molar-refractivity contribution in [1.82, 2.24) is 9.97 Å². The molecule has 2 heterocycles. The highest BCUT2D eigenvalue weighted by Gasteiger charge is 2.35. The Bertz CT molecular complexity index is 1280. The lowest BCUT2D eigenvalue weighted by molar-refractivity contribution is -0.123.